The van der Waals surface area contributed by atoms with E-state index < -0.39 is 41.6 Å². The predicted molar refractivity (Wildman–Crippen MR) is 145 cm³/mol. The number of hydrogen-bond acceptors (Lipinski definition) is 6. The molecular weight excluding hydrogens is 484 g/mol. The Balaban J connectivity index is 1.72. The molecule has 1 aliphatic carbocycles. The molecule has 2 atom stereocenters. The van der Waals surface area contributed by atoms with Gasteiger partial charge in [-0.15, -0.1) is 0 Å². The Morgan fingerprint density at radius 2 is 1.47 bits per heavy atom. The highest BCUT2D eigenvalue weighted by atomic mass is 16.6. The molecule has 1 aliphatic rings. The first kappa shape index (κ1) is 29.2. The number of esters is 1. The van der Waals surface area contributed by atoms with Gasteiger partial charge in [0, 0.05) is 5.92 Å². The van der Waals surface area contributed by atoms with Crippen LogP contribution in [0, 0.1) is 11.8 Å². The molecule has 0 saturated heterocycles. The maximum Gasteiger partial charge on any atom is 0.407 e. The van der Waals surface area contributed by atoms with Crippen molar-refractivity contribution >= 4 is 18.0 Å². The number of hydroxylamine groups is 2. The summed E-state index contributed by atoms with van der Waals surface area (Å²) < 4.78 is 11.0. The Kier molecular flexibility index (Phi) is 9.20. The number of fused-ring (bicyclic) bond motifs is 3. The smallest absolute Gasteiger partial charge is 0.407 e. The SMILES string of the molecule is CC(C)CC(NC(=O)OCC1c2ccccc2-c2ccccc21)C(=O)N(O)C(C(=O)OC(C)(C)C)C(C)C. The number of hydrogen-bond donors (Lipinski definition) is 2. The summed E-state index contributed by atoms with van der Waals surface area (Å²) in [4.78, 5) is 39.0. The topological polar surface area (TPSA) is 105 Å². The van der Waals surface area contributed by atoms with Crippen LogP contribution in [-0.4, -0.2) is 52.5 Å². The molecule has 0 aromatic heterocycles. The summed E-state index contributed by atoms with van der Waals surface area (Å²) >= 11 is 0. The lowest BCUT2D eigenvalue weighted by Crippen LogP contribution is -2.55. The molecule has 8 nitrogen and oxygen atoms in total. The summed E-state index contributed by atoms with van der Waals surface area (Å²) in [6.45, 7) is 12.5. The van der Waals surface area contributed by atoms with Crippen LogP contribution in [0.2, 0.25) is 0 Å². The number of carbonyl (C=O) groups excluding carboxylic acids is 3. The third-order valence-electron chi connectivity index (χ3n) is 6.41. The van der Waals surface area contributed by atoms with Gasteiger partial charge in [-0.2, -0.15) is 0 Å². The van der Waals surface area contributed by atoms with E-state index in [1.165, 1.54) is 0 Å². The van der Waals surface area contributed by atoms with Gasteiger partial charge >= 0.3 is 12.1 Å². The second kappa shape index (κ2) is 12.0. The van der Waals surface area contributed by atoms with E-state index in [2.05, 4.69) is 17.4 Å². The Hall–Kier alpha value is -3.39. The fourth-order valence-electron chi connectivity index (χ4n) is 4.79. The lowest BCUT2D eigenvalue weighted by Gasteiger charge is -2.32. The van der Waals surface area contributed by atoms with E-state index in [0.717, 1.165) is 22.3 Å². The highest BCUT2D eigenvalue weighted by Gasteiger charge is 2.39. The van der Waals surface area contributed by atoms with Gasteiger partial charge < -0.3 is 14.8 Å². The molecule has 0 spiro atoms. The van der Waals surface area contributed by atoms with E-state index in [9.17, 15) is 19.6 Å². The molecule has 0 heterocycles. The number of benzene rings is 2. The molecule has 2 unspecified atom stereocenters. The first-order valence-corrected chi connectivity index (χ1v) is 13.2. The van der Waals surface area contributed by atoms with Gasteiger partial charge in [-0.05, 0) is 61.3 Å². The van der Waals surface area contributed by atoms with E-state index in [4.69, 9.17) is 9.47 Å². The Labute approximate surface area is 225 Å². The molecule has 0 fully saturated rings. The van der Waals surface area contributed by atoms with Gasteiger partial charge in [0.05, 0.1) is 0 Å². The van der Waals surface area contributed by atoms with E-state index in [1.807, 2.05) is 50.2 Å². The number of amides is 2. The molecule has 0 aliphatic heterocycles. The van der Waals surface area contributed by atoms with Crippen LogP contribution in [-0.2, 0) is 19.1 Å². The Morgan fingerprint density at radius 1 is 0.947 bits per heavy atom. The van der Waals surface area contributed by atoms with Crippen molar-refractivity contribution in [1.29, 1.82) is 0 Å². The zero-order chi connectivity index (χ0) is 28.2. The van der Waals surface area contributed by atoms with Gasteiger partial charge in [0.15, 0.2) is 6.04 Å². The summed E-state index contributed by atoms with van der Waals surface area (Å²) in [6, 6.07) is 13.7. The van der Waals surface area contributed by atoms with E-state index in [0.29, 0.717) is 5.06 Å². The van der Waals surface area contributed by atoms with Gasteiger partial charge in [0.2, 0.25) is 0 Å². The van der Waals surface area contributed by atoms with Gasteiger partial charge in [-0.1, -0.05) is 76.2 Å². The fraction of sp³-hybridized carbons (Fsp3) is 0.500. The predicted octanol–water partition coefficient (Wildman–Crippen LogP) is 5.52. The zero-order valence-electron chi connectivity index (χ0n) is 23.4. The van der Waals surface area contributed by atoms with Crippen molar-refractivity contribution in [2.24, 2.45) is 11.8 Å². The van der Waals surface area contributed by atoms with Crippen molar-refractivity contribution in [3.63, 3.8) is 0 Å². The van der Waals surface area contributed by atoms with Crippen molar-refractivity contribution in [3.05, 3.63) is 59.7 Å². The van der Waals surface area contributed by atoms with E-state index >= 15 is 0 Å². The van der Waals surface area contributed by atoms with E-state index in [-0.39, 0.29) is 24.9 Å². The number of rotatable bonds is 9. The summed E-state index contributed by atoms with van der Waals surface area (Å²) in [5.74, 6) is -2.04. The minimum absolute atomic E-state index is 0.0188. The largest absolute Gasteiger partial charge is 0.458 e. The summed E-state index contributed by atoms with van der Waals surface area (Å²) in [5, 5.41) is 13.8. The second-order valence-corrected chi connectivity index (χ2v) is 11.6. The normalized spacial score (nSPS) is 14.5. The minimum Gasteiger partial charge on any atom is -0.458 e. The third kappa shape index (κ3) is 6.92. The van der Waals surface area contributed by atoms with Crippen LogP contribution < -0.4 is 5.32 Å². The summed E-state index contributed by atoms with van der Waals surface area (Å²) in [7, 11) is 0. The molecule has 0 radical (unpaired) electrons. The standard InChI is InChI=1S/C30H40N2O6/c1-18(2)16-25(27(33)32(36)26(19(3)4)28(34)38-30(5,6)7)31-29(35)37-17-24-22-14-10-8-12-20(22)21-13-9-11-15-23(21)24/h8-15,18-19,24-26,36H,16-17H2,1-7H3,(H,31,35). The Bertz CT molecular complexity index is 1110. The van der Waals surface area contributed by atoms with Crippen molar-refractivity contribution < 1.29 is 29.1 Å². The second-order valence-electron chi connectivity index (χ2n) is 11.6. The van der Waals surface area contributed by atoms with Crippen LogP contribution in [0.15, 0.2) is 48.5 Å². The van der Waals surface area contributed by atoms with Crippen molar-refractivity contribution in [3.8, 4) is 11.1 Å². The van der Waals surface area contributed by atoms with Gasteiger partial charge in [-0.3, -0.25) is 10.0 Å². The summed E-state index contributed by atoms with van der Waals surface area (Å²) in [5.41, 5.74) is 3.60. The number of nitrogens with zero attached hydrogens (tertiary/aromatic N) is 1. The van der Waals surface area contributed by atoms with Crippen molar-refractivity contribution in [1.82, 2.24) is 10.4 Å². The quantitative estimate of drug-likeness (QED) is 0.254. The highest BCUT2D eigenvalue weighted by molar-refractivity contribution is 5.89. The first-order valence-electron chi connectivity index (χ1n) is 13.2. The fourth-order valence-corrected chi connectivity index (χ4v) is 4.79. The molecule has 3 rings (SSSR count). The molecular formula is C30H40N2O6. The highest BCUT2D eigenvalue weighted by Crippen LogP contribution is 2.44. The zero-order valence-corrected chi connectivity index (χ0v) is 23.4. The summed E-state index contributed by atoms with van der Waals surface area (Å²) in [6.07, 6.45) is -0.517. The lowest BCUT2D eigenvalue weighted by atomic mass is 9.98. The lowest BCUT2D eigenvalue weighted by molar-refractivity contribution is -0.199. The molecule has 0 saturated carbocycles. The van der Waals surface area contributed by atoms with Gasteiger partial charge in [0.1, 0.15) is 18.2 Å². The van der Waals surface area contributed by atoms with Crippen LogP contribution in [0.25, 0.3) is 11.1 Å². The molecule has 2 N–H and O–H groups in total. The van der Waals surface area contributed by atoms with Gasteiger partial charge in [-0.25, -0.2) is 14.7 Å². The van der Waals surface area contributed by atoms with Crippen LogP contribution in [0.3, 0.4) is 0 Å². The average molecular weight is 525 g/mol. The van der Waals surface area contributed by atoms with Crippen molar-refractivity contribution in [2.75, 3.05) is 6.61 Å². The van der Waals surface area contributed by atoms with E-state index in [1.54, 1.807) is 34.6 Å². The van der Waals surface area contributed by atoms with Crippen LogP contribution in [0.4, 0.5) is 4.79 Å². The maximum atomic E-state index is 13.3. The van der Waals surface area contributed by atoms with Crippen LogP contribution in [0.1, 0.15) is 71.9 Å². The monoisotopic (exact) mass is 524 g/mol. The number of carbonyl (C=O) groups is 3. The minimum atomic E-state index is -1.22. The van der Waals surface area contributed by atoms with Crippen LogP contribution in [0.5, 0.6) is 0 Å². The number of nitrogens with one attached hydrogen (secondary N) is 1. The molecule has 8 heteroatoms. The molecule has 2 amide bonds. The Morgan fingerprint density at radius 3 is 1.95 bits per heavy atom. The first-order chi connectivity index (χ1) is 17.8. The average Bonchev–Trinajstić information content (AvgIpc) is 3.14. The molecule has 2 aromatic rings. The molecule has 2 aromatic carbocycles. The molecule has 38 heavy (non-hydrogen) atoms. The van der Waals surface area contributed by atoms with Crippen molar-refractivity contribution in [2.45, 2.75) is 78.5 Å². The number of alkyl carbamates (subject to hydrolysis) is 1. The third-order valence-corrected chi connectivity index (χ3v) is 6.41. The number of ether oxygens (including phenoxy) is 2. The van der Waals surface area contributed by atoms with Crippen LogP contribution >= 0.6 is 0 Å². The molecule has 206 valence electrons. The van der Waals surface area contributed by atoms with Gasteiger partial charge in [0.25, 0.3) is 5.91 Å². The maximum absolute atomic E-state index is 13.3. The molecule has 0 bridgehead atoms.